The van der Waals surface area contributed by atoms with Gasteiger partial charge < -0.3 is 29.4 Å². The van der Waals surface area contributed by atoms with Gasteiger partial charge in [0.2, 0.25) is 5.91 Å². The number of methoxy groups -OCH3 is 3. The topological polar surface area (TPSA) is 92.9 Å². The lowest BCUT2D eigenvalue weighted by Crippen LogP contribution is -2.33. The third kappa shape index (κ3) is 4.58. The van der Waals surface area contributed by atoms with Crippen LogP contribution in [0.5, 0.6) is 17.2 Å². The average molecular weight is 425 g/mol. The zero-order valence-electron chi connectivity index (χ0n) is 18.3. The van der Waals surface area contributed by atoms with Gasteiger partial charge in [0.15, 0.2) is 11.5 Å². The minimum absolute atomic E-state index is 0.0844. The highest BCUT2D eigenvalue weighted by atomic mass is 16.5. The summed E-state index contributed by atoms with van der Waals surface area (Å²) >= 11 is 0. The molecule has 3 rings (SSSR count). The second kappa shape index (κ2) is 9.42. The summed E-state index contributed by atoms with van der Waals surface area (Å²) in [7, 11) is 7.99. The van der Waals surface area contributed by atoms with Gasteiger partial charge in [0, 0.05) is 25.5 Å². The van der Waals surface area contributed by atoms with Gasteiger partial charge >= 0.3 is 0 Å². The van der Waals surface area contributed by atoms with Crippen molar-refractivity contribution in [3.63, 3.8) is 0 Å². The van der Waals surface area contributed by atoms with Gasteiger partial charge in [-0.15, -0.1) is 0 Å². The normalized spacial score (nSPS) is 11.6. The Kier molecular flexibility index (Phi) is 6.69. The zero-order chi connectivity index (χ0) is 22.5. The van der Waals surface area contributed by atoms with E-state index in [4.69, 9.17) is 14.2 Å². The van der Waals surface area contributed by atoms with Crippen molar-refractivity contribution in [2.75, 3.05) is 35.4 Å². The predicted molar refractivity (Wildman–Crippen MR) is 118 cm³/mol. The number of rotatable bonds is 8. The zero-order valence-corrected chi connectivity index (χ0v) is 18.3. The molecule has 0 aliphatic heterocycles. The lowest BCUT2D eigenvalue weighted by molar-refractivity contribution is -0.129. The second-order valence-electron chi connectivity index (χ2n) is 7.22. The first kappa shape index (κ1) is 22.0. The van der Waals surface area contributed by atoms with Crippen LogP contribution in [0.1, 0.15) is 28.5 Å². The lowest BCUT2D eigenvalue weighted by atomic mass is 10.0. The third-order valence-electron chi connectivity index (χ3n) is 5.07. The number of hydrogen-bond acceptors (Lipinski definition) is 5. The van der Waals surface area contributed by atoms with Crippen LogP contribution in [0.15, 0.2) is 42.5 Å². The Labute approximate surface area is 181 Å². The van der Waals surface area contributed by atoms with Crippen molar-refractivity contribution < 1.29 is 23.8 Å². The third-order valence-corrected chi connectivity index (χ3v) is 5.07. The summed E-state index contributed by atoms with van der Waals surface area (Å²) in [4.78, 5) is 30.1. The summed E-state index contributed by atoms with van der Waals surface area (Å²) in [5.74, 6) is 1.07. The summed E-state index contributed by atoms with van der Waals surface area (Å²) in [6.07, 6.45) is 0.142. The van der Waals surface area contributed by atoms with E-state index < -0.39 is 6.04 Å². The van der Waals surface area contributed by atoms with E-state index in [1.165, 1.54) is 19.1 Å². The molecule has 2 amide bonds. The first-order valence-electron chi connectivity index (χ1n) is 9.77. The van der Waals surface area contributed by atoms with E-state index in [1.54, 1.807) is 33.3 Å². The van der Waals surface area contributed by atoms with Crippen LogP contribution >= 0.6 is 0 Å². The van der Waals surface area contributed by atoms with Gasteiger partial charge in [-0.1, -0.05) is 30.3 Å². The smallest absolute Gasteiger partial charge is 0.268 e. The molecule has 8 nitrogen and oxygen atoms in total. The number of aromatic amines is 1. The van der Waals surface area contributed by atoms with Crippen molar-refractivity contribution in [3.05, 3.63) is 53.7 Å². The molecule has 0 aliphatic carbocycles. The van der Waals surface area contributed by atoms with Crippen molar-refractivity contribution in [3.8, 4) is 17.2 Å². The van der Waals surface area contributed by atoms with Gasteiger partial charge in [0.1, 0.15) is 11.4 Å². The number of aromatic nitrogens is 1. The van der Waals surface area contributed by atoms with Gasteiger partial charge in [-0.05, 0) is 11.6 Å². The molecule has 0 fully saturated rings. The highest BCUT2D eigenvalue weighted by Gasteiger charge is 2.23. The van der Waals surface area contributed by atoms with Crippen molar-refractivity contribution in [2.45, 2.75) is 12.5 Å². The highest BCUT2D eigenvalue weighted by molar-refractivity contribution is 6.02. The molecule has 164 valence electrons. The first-order valence-corrected chi connectivity index (χ1v) is 9.77. The minimum atomic E-state index is -0.478. The van der Waals surface area contributed by atoms with Crippen molar-refractivity contribution in [2.24, 2.45) is 0 Å². The van der Waals surface area contributed by atoms with Gasteiger partial charge in [-0.25, -0.2) is 0 Å². The maximum Gasteiger partial charge on any atom is 0.268 e. The number of hydrogen-bond donors (Lipinski definition) is 2. The SMILES string of the molecule is COc1cc(OC)c2cc(C(=O)NC(CC(=O)N(C)C)c3ccccc3)[nH]c2c1OC. The summed E-state index contributed by atoms with van der Waals surface area (Å²) in [6.45, 7) is 0. The number of ether oxygens (including phenoxy) is 3. The van der Waals surface area contributed by atoms with Crippen LogP contribution in [0.2, 0.25) is 0 Å². The second-order valence-corrected chi connectivity index (χ2v) is 7.22. The van der Waals surface area contributed by atoms with Crippen LogP contribution in [-0.2, 0) is 4.79 Å². The Bertz CT molecular complexity index is 1080. The molecule has 1 unspecified atom stereocenters. The number of amides is 2. The standard InChI is InChI=1S/C23H27N3O5/c1-26(2)20(27)12-16(14-9-7-6-8-10-14)25-23(28)17-11-15-18(29-3)13-19(30-4)22(31-5)21(15)24-17/h6-11,13,16,24H,12H2,1-5H3,(H,25,28). The lowest BCUT2D eigenvalue weighted by Gasteiger charge is -2.20. The molecule has 0 bridgehead atoms. The largest absolute Gasteiger partial charge is 0.496 e. The number of nitrogens with one attached hydrogen (secondary N) is 2. The number of fused-ring (bicyclic) bond motifs is 1. The van der Waals surface area contributed by atoms with E-state index >= 15 is 0 Å². The summed E-state index contributed by atoms with van der Waals surface area (Å²) in [5, 5.41) is 3.66. The van der Waals surface area contributed by atoms with E-state index in [-0.39, 0.29) is 18.2 Å². The number of H-pyrrole nitrogens is 1. The van der Waals surface area contributed by atoms with E-state index in [2.05, 4.69) is 10.3 Å². The molecule has 2 aromatic carbocycles. The highest BCUT2D eigenvalue weighted by Crippen LogP contribution is 2.41. The van der Waals surface area contributed by atoms with Crippen LogP contribution in [-0.4, -0.2) is 57.1 Å². The van der Waals surface area contributed by atoms with Crippen molar-refractivity contribution in [1.29, 1.82) is 0 Å². The molecule has 31 heavy (non-hydrogen) atoms. The van der Waals surface area contributed by atoms with Gasteiger partial charge in [-0.3, -0.25) is 9.59 Å². The minimum Gasteiger partial charge on any atom is -0.496 e. The molecular formula is C23H27N3O5. The van der Waals surface area contributed by atoms with E-state index in [9.17, 15) is 9.59 Å². The van der Waals surface area contributed by atoms with E-state index in [1.807, 2.05) is 30.3 Å². The monoisotopic (exact) mass is 425 g/mol. The summed E-state index contributed by atoms with van der Waals surface area (Å²) in [5.41, 5.74) is 1.75. The van der Waals surface area contributed by atoms with Gasteiger partial charge in [0.25, 0.3) is 5.91 Å². The average Bonchev–Trinajstić information content (AvgIpc) is 3.23. The van der Waals surface area contributed by atoms with Crippen LogP contribution < -0.4 is 19.5 Å². The number of carbonyl (C=O) groups excluding carboxylic acids is 2. The Hall–Kier alpha value is -3.68. The Morgan fingerprint density at radius 2 is 1.68 bits per heavy atom. The molecule has 0 spiro atoms. The Balaban J connectivity index is 1.97. The Morgan fingerprint density at radius 3 is 2.26 bits per heavy atom. The maximum atomic E-state index is 13.1. The summed E-state index contributed by atoms with van der Waals surface area (Å²) in [6, 6.07) is 12.3. The quantitative estimate of drug-likeness (QED) is 0.578. The van der Waals surface area contributed by atoms with Gasteiger partial charge in [0.05, 0.1) is 39.3 Å². The van der Waals surface area contributed by atoms with Crippen molar-refractivity contribution >= 4 is 22.7 Å². The fourth-order valence-corrected chi connectivity index (χ4v) is 3.39. The fourth-order valence-electron chi connectivity index (χ4n) is 3.39. The maximum absolute atomic E-state index is 13.1. The van der Waals surface area contributed by atoms with Crippen LogP contribution in [0.3, 0.4) is 0 Å². The number of nitrogens with zero attached hydrogens (tertiary/aromatic N) is 1. The molecule has 1 aromatic heterocycles. The molecule has 1 heterocycles. The molecule has 8 heteroatoms. The molecule has 3 aromatic rings. The predicted octanol–water partition coefficient (Wildman–Crippen LogP) is 3.14. The molecule has 1 atom stereocenters. The number of benzene rings is 2. The van der Waals surface area contributed by atoms with Crippen LogP contribution in [0.4, 0.5) is 0 Å². The molecule has 0 aliphatic rings. The molecule has 2 N–H and O–H groups in total. The van der Waals surface area contributed by atoms with E-state index in [0.29, 0.717) is 33.8 Å². The Morgan fingerprint density at radius 1 is 1.00 bits per heavy atom. The van der Waals surface area contributed by atoms with E-state index in [0.717, 1.165) is 5.56 Å². The molecular weight excluding hydrogens is 398 g/mol. The van der Waals surface area contributed by atoms with Crippen LogP contribution in [0, 0.1) is 0 Å². The first-order chi connectivity index (χ1) is 14.9. The van der Waals surface area contributed by atoms with Crippen LogP contribution in [0.25, 0.3) is 10.9 Å². The van der Waals surface area contributed by atoms with Crippen molar-refractivity contribution in [1.82, 2.24) is 15.2 Å². The number of carbonyl (C=O) groups is 2. The molecule has 0 saturated carbocycles. The summed E-state index contributed by atoms with van der Waals surface area (Å²) < 4.78 is 16.3. The van der Waals surface area contributed by atoms with Gasteiger partial charge in [-0.2, -0.15) is 0 Å². The molecule has 0 radical (unpaired) electrons. The fraction of sp³-hybridized carbons (Fsp3) is 0.304. The molecule has 0 saturated heterocycles.